The van der Waals surface area contributed by atoms with Crippen LogP contribution < -0.4 is 11.1 Å². The van der Waals surface area contributed by atoms with Crippen molar-refractivity contribution in [2.24, 2.45) is 5.73 Å². The van der Waals surface area contributed by atoms with Gasteiger partial charge in [-0.2, -0.15) is 0 Å². The molecule has 3 nitrogen and oxygen atoms in total. The minimum absolute atomic E-state index is 0.0367. The highest BCUT2D eigenvalue weighted by Gasteiger charge is 2.22. The average molecular weight is 328 g/mol. The van der Waals surface area contributed by atoms with Crippen LogP contribution in [0.25, 0.3) is 0 Å². The Bertz CT molecular complexity index is 643. The van der Waals surface area contributed by atoms with Gasteiger partial charge in [0, 0.05) is 11.4 Å². The summed E-state index contributed by atoms with van der Waals surface area (Å²) < 4.78 is 0. The van der Waals surface area contributed by atoms with Crippen molar-refractivity contribution in [2.45, 2.75) is 30.4 Å². The van der Waals surface area contributed by atoms with Gasteiger partial charge in [0.15, 0.2) is 0 Å². The van der Waals surface area contributed by atoms with Crippen LogP contribution in [0.4, 0.5) is 0 Å². The summed E-state index contributed by atoms with van der Waals surface area (Å²) in [5.41, 5.74) is 8.95. The van der Waals surface area contributed by atoms with E-state index in [1.165, 1.54) is 11.1 Å². The molecule has 0 aliphatic rings. The minimum Gasteiger partial charge on any atom is -0.355 e. The lowest BCUT2D eigenvalue weighted by Gasteiger charge is -2.18. The van der Waals surface area contributed by atoms with E-state index < -0.39 is 0 Å². The first-order chi connectivity index (χ1) is 11.1. The van der Waals surface area contributed by atoms with Crippen LogP contribution in [0.2, 0.25) is 0 Å². The third-order valence-electron chi connectivity index (χ3n) is 3.60. The van der Waals surface area contributed by atoms with Crippen LogP contribution in [0.5, 0.6) is 0 Å². The molecule has 0 spiro atoms. The Hall–Kier alpha value is -1.78. The van der Waals surface area contributed by atoms with E-state index in [0.29, 0.717) is 13.1 Å². The fourth-order valence-corrected chi connectivity index (χ4v) is 3.49. The first kappa shape index (κ1) is 17.6. The molecule has 0 radical (unpaired) electrons. The van der Waals surface area contributed by atoms with Crippen molar-refractivity contribution in [1.82, 2.24) is 5.32 Å². The molecule has 0 aromatic heterocycles. The summed E-state index contributed by atoms with van der Waals surface area (Å²) in [4.78, 5) is 13.8. The van der Waals surface area contributed by atoms with Crippen LogP contribution in [-0.4, -0.2) is 19.0 Å². The Morgan fingerprint density at radius 3 is 2.57 bits per heavy atom. The summed E-state index contributed by atoms with van der Waals surface area (Å²) in [5.74, 6) is 0.0367. The zero-order valence-corrected chi connectivity index (χ0v) is 14.5. The summed E-state index contributed by atoms with van der Waals surface area (Å²) in [6.07, 6.45) is 0.793. The second kappa shape index (κ2) is 8.75. The number of amides is 1. The Labute approximate surface area is 142 Å². The monoisotopic (exact) mass is 328 g/mol. The molecule has 0 aliphatic heterocycles. The molecule has 0 fully saturated rings. The molecule has 23 heavy (non-hydrogen) atoms. The number of aryl methyl sites for hydroxylation is 2. The topological polar surface area (TPSA) is 55.1 Å². The summed E-state index contributed by atoms with van der Waals surface area (Å²) in [6, 6.07) is 16.2. The maximum absolute atomic E-state index is 12.6. The van der Waals surface area contributed by atoms with Crippen molar-refractivity contribution in [3.8, 4) is 0 Å². The van der Waals surface area contributed by atoms with Crippen LogP contribution in [0.3, 0.4) is 0 Å². The third kappa shape index (κ3) is 5.12. The van der Waals surface area contributed by atoms with Crippen LogP contribution in [-0.2, 0) is 4.79 Å². The maximum Gasteiger partial charge on any atom is 0.237 e. The molecule has 1 amide bonds. The van der Waals surface area contributed by atoms with Crippen LogP contribution in [0, 0.1) is 13.8 Å². The average Bonchev–Trinajstić information content (AvgIpc) is 2.55. The molecule has 1 atom stereocenters. The van der Waals surface area contributed by atoms with Gasteiger partial charge in [0.2, 0.25) is 5.91 Å². The standard InChI is InChI=1S/C19H24N2OS/c1-14-9-10-17(15(2)13-14)23-18(16-7-4-3-5-8-16)19(22)21-12-6-11-20/h3-5,7-10,13,18H,6,11-12,20H2,1-2H3,(H,21,22). The number of rotatable bonds is 7. The molecule has 1 unspecified atom stereocenters. The van der Waals surface area contributed by atoms with E-state index in [0.717, 1.165) is 16.9 Å². The van der Waals surface area contributed by atoms with E-state index >= 15 is 0 Å². The normalized spacial score (nSPS) is 12.0. The molecule has 2 aromatic carbocycles. The summed E-state index contributed by atoms with van der Waals surface area (Å²) in [5, 5.41) is 2.74. The van der Waals surface area contributed by atoms with Crippen molar-refractivity contribution < 1.29 is 4.79 Å². The molecule has 3 N–H and O–H groups in total. The molecule has 0 aliphatic carbocycles. The number of benzene rings is 2. The Kier molecular flexibility index (Phi) is 6.68. The lowest BCUT2D eigenvalue weighted by atomic mass is 10.1. The lowest BCUT2D eigenvalue weighted by molar-refractivity contribution is -0.120. The number of thioether (sulfide) groups is 1. The minimum atomic E-state index is -0.254. The van der Waals surface area contributed by atoms with Gasteiger partial charge in [-0.25, -0.2) is 0 Å². The van der Waals surface area contributed by atoms with Crippen LogP contribution in [0.1, 0.15) is 28.4 Å². The number of hydrogen-bond acceptors (Lipinski definition) is 3. The highest BCUT2D eigenvalue weighted by Crippen LogP contribution is 2.37. The van der Waals surface area contributed by atoms with E-state index in [9.17, 15) is 4.79 Å². The van der Waals surface area contributed by atoms with Gasteiger partial charge in [0.05, 0.1) is 0 Å². The second-order valence-corrected chi connectivity index (χ2v) is 6.76. The van der Waals surface area contributed by atoms with Crippen LogP contribution in [0.15, 0.2) is 53.4 Å². The molecule has 2 rings (SSSR count). The summed E-state index contributed by atoms with van der Waals surface area (Å²) in [7, 11) is 0. The summed E-state index contributed by atoms with van der Waals surface area (Å²) in [6.45, 7) is 5.37. The van der Waals surface area contributed by atoms with E-state index in [1.807, 2.05) is 30.3 Å². The molecule has 2 aromatic rings. The first-order valence-corrected chi connectivity index (χ1v) is 8.76. The van der Waals surface area contributed by atoms with E-state index in [4.69, 9.17) is 5.73 Å². The zero-order chi connectivity index (χ0) is 16.7. The number of hydrogen-bond donors (Lipinski definition) is 2. The second-order valence-electron chi connectivity index (χ2n) is 5.61. The van der Waals surface area contributed by atoms with E-state index in [-0.39, 0.29) is 11.2 Å². The SMILES string of the molecule is Cc1ccc(SC(C(=O)NCCCN)c2ccccc2)c(C)c1. The van der Waals surface area contributed by atoms with E-state index in [1.54, 1.807) is 11.8 Å². The highest BCUT2D eigenvalue weighted by molar-refractivity contribution is 8.00. The van der Waals surface area contributed by atoms with Crippen LogP contribution >= 0.6 is 11.8 Å². The van der Waals surface area contributed by atoms with Crippen molar-refractivity contribution in [1.29, 1.82) is 0 Å². The number of carbonyl (C=O) groups is 1. The third-order valence-corrected chi connectivity index (χ3v) is 5.03. The molecule has 4 heteroatoms. The van der Waals surface area contributed by atoms with E-state index in [2.05, 4.69) is 37.4 Å². The highest BCUT2D eigenvalue weighted by atomic mass is 32.2. The predicted molar refractivity (Wildman–Crippen MR) is 97.6 cm³/mol. The Balaban J connectivity index is 2.21. The van der Waals surface area contributed by atoms with Gasteiger partial charge >= 0.3 is 0 Å². The van der Waals surface area contributed by atoms with Gasteiger partial charge < -0.3 is 11.1 Å². The molecule has 122 valence electrons. The maximum atomic E-state index is 12.6. The molecular weight excluding hydrogens is 304 g/mol. The number of nitrogens with one attached hydrogen (secondary N) is 1. The smallest absolute Gasteiger partial charge is 0.237 e. The zero-order valence-electron chi connectivity index (χ0n) is 13.7. The first-order valence-electron chi connectivity index (χ1n) is 7.88. The fourth-order valence-electron chi connectivity index (χ4n) is 2.37. The summed E-state index contributed by atoms with van der Waals surface area (Å²) >= 11 is 1.60. The van der Waals surface area contributed by atoms with Crippen molar-refractivity contribution in [2.75, 3.05) is 13.1 Å². The van der Waals surface area contributed by atoms with Crippen molar-refractivity contribution in [3.05, 3.63) is 65.2 Å². The molecular formula is C19H24N2OS. The molecule has 0 saturated carbocycles. The van der Waals surface area contributed by atoms with Gasteiger partial charge in [-0.05, 0) is 44.0 Å². The largest absolute Gasteiger partial charge is 0.355 e. The van der Waals surface area contributed by atoms with Gasteiger partial charge in [-0.1, -0.05) is 48.0 Å². The molecule has 0 heterocycles. The molecule has 0 bridgehead atoms. The quantitative estimate of drug-likeness (QED) is 0.603. The van der Waals surface area contributed by atoms with Gasteiger partial charge in [0.1, 0.15) is 5.25 Å². The predicted octanol–water partition coefficient (Wildman–Crippen LogP) is 3.60. The van der Waals surface area contributed by atoms with Crippen molar-refractivity contribution in [3.63, 3.8) is 0 Å². The Morgan fingerprint density at radius 1 is 1.17 bits per heavy atom. The molecule has 0 saturated heterocycles. The van der Waals surface area contributed by atoms with Crippen molar-refractivity contribution >= 4 is 17.7 Å². The fraction of sp³-hybridized carbons (Fsp3) is 0.316. The van der Waals surface area contributed by atoms with Gasteiger partial charge in [-0.15, -0.1) is 11.8 Å². The number of nitrogens with two attached hydrogens (primary N) is 1. The van der Waals surface area contributed by atoms with Gasteiger partial charge in [0.25, 0.3) is 0 Å². The number of carbonyl (C=O) groups excluding carboxylic acids is 1. The lowest BCUT2D eigenvalue weighted by Crippen LogP contribution is -2.29. The Morgan fingerprint density at radius 2 is 1.91 bits per heavy atom. The van der Waals surface area contributed by atoms with Gasteiger partial charge in [-0.3, -0.25) is 4.79 Å².